The molecule has 0 aliphatic carbocycles. The number of carbonyl (C=O) groups is 4. The van der Waals surface area contributed by atoms with Crippen molar-refractivity contribution in [1.29, 1.82) is 0 Å². The molecule has 4 heterocycles. The predicted octanol–water partition coefficient (Wildman–Crippen LogP) is 7.57. The van der Waals surface area contributed by atoms with Crippen molar-refractivity contribution in [2.45, 2.75) is 82.0 Å². The van der Waals surface area contributed by atoms with Gasteiger partial charge in [-0.1, -0.05) is 55.5 Å². The maximum absolute atomic E-state index is 16.9. The number of hydrogen-bond acceptors (Lipinski definition) is 8. The van der Waals surface area contributed by atoms with Gasteiger partial charge < -0.3 is 33.2 Å². The standard InChI is InChI=1S/C45H48FN3O8Si/c1-28-42(58(3,4)46)39(25-40(51)48-26-30-14-6-5-13-29(30)23-32(48)27-50)57-45(28)34-24-31(20-21-35(34)47(44(45)54)22-12-11-19-41(52)55-2)49-36-16-8-10-18-38(36)56-37-17-9-7-15-33(37)43(49)53/h5-10,13-18,20-21,24,28,32,39,42,50H,11-12,19,22-23,25-27H2,1-4H3/t28-,32+,39+,42-,45+/m1/s1. The lowest BCUT2D eigenvalue weighted by Crippen LogP contribution is -2.48. The molecule has 11 nitrogen and oxygen atoms in total. The van der Waals surface area contributed by atoms with Gasteiger partial charge in [0, 0.05) is 42.2 Å². The lowest BCUT2D eigenvalue weighted by atomic mass is 9.82. The van der Waals surface area contributed by atoms with Gasteiger partial charge in [-0.05, 0) is 85.9 Å². The number of anilines is 3. The fourth-order valence-electron chi connectivity index (χ4n) is 9.63. The SMILES string of the molecule is COC(=O)CCCCN1C(=O)[C@@]2(O[C@@H](CC(=O)N3Cc4ccccc4C[C@H]3CO)[C@H]([Si](C)(C)F)[C@H]2C)c2cc(N3C(=O)c4ccccc4Oc4ccccc43)ccc21. The number of para-hydroxylation sites is 3. The Kier molecular flexibility index (Phi) is 10.5. The molecule has 0 aromatic heterocycles. The van der Waals surface area contributed by atoms with E-state index in [4.69, 9.17) is 14.2 Å². The van der Waals surface area contributed by atoms with Gasteiger partial charge in [0.2, 0.25) is 14.3 Å². The highest BCUT2D eigenvalue weighted by atomic mass is 28.4. The minimum Gasteiger partial charge on any atom is -0.469 e. The largest absolute Gasteiger partial charge is 0.469 e. The Morgan fingerprint density at radius 2 is 1.64 bits per heavy atom. The lowest BCUT2D eigenvalue weighted by Gasteiger charge is -2.37. The number of hydrogen-bond donors (Lipinski definition) is 1. The first-order valence-electron chi connectivity index (χ1n) is 19.9. The molecular formula is C45H48FN3O8Si. The zero-order chi connectivity index (χ0) is 40.9. The lowest BCUT2D eigenvalue weighted by molar-refractivity contribution is -0.151. The molecule has 302 valence electrons. The summed E-state index contributed by atoms with van der Waals surface area (Å²) in [5, 5.41) is 10.4. The molecule has 58 heavy (non-hydrogen) atoms. The topological polar surface area (TPSA) is 126 Å². The van der Waals surface area contributed by atoms with Crippen molar-refractivity contribution in [3.8, 4) is 11.5 Å². The molecule has 8 rings (SSSR count). The summed E-state index contributed by atoms with van der Waals surface area (Å²) in [7, 11) is -2.33. The molecule has 1 saturated heterocycles. The third kappa shape index (κ3) is 6.68. The number of carbonyl (C=O) groups excluding carboxylic acids is 4. The second-order valence-corrected chi connectivity index (χ2v) is 20.0. The maximum atomic E-state index is 16.9. The number of aliphatic hydroxyl groups excluding tert-OH is 1. The Morgan fingerprint density at radius 3 is 2.38 bits per heavy atom. The van der Waals surface area contributed by atoms with E-state index in [0.29, 0.717) is 65.5 Å². The number of methoxy groups -OCH3 is 1. The van der Waals surface area contributed by atoms with Crippen molar-refractivity contribution in [3.63, 3.8) is 0 Å². The molecule has 4 aliphatic heterocycles. The van der Waals surface area contributed by atoms with E-state index in [-0.39, 0.29) is 49.7 Å². The molecule has 1 fully saturated rings. The van der Waals surface area contributed by atoms with Gasteiger partial charge >= 0.3 is 5.97 Å². The number of unbranched alkanes of at least 4 members (excludes halogenated alkanes) is 1. The predicted molar refractivity (Wildman–Crippen MR) is 218 cm³/mol. The number of ether oxygens (including phenoxy) is 3. The van der Waals surface area contributed by atoms with Crippen LogP contribution >= 0.6 is 0 Å². The highest BCUT2D eigenvalue weighted by Gasteiger charge is 2.67. The van der Waals surface area contributed by atoms with Gasteiger partial charge in [0.05, 0.1) is 49.2 Å². The Labute approximate surface area is 338 Å². The van der Waals surface area contributed by atoms with E-state index in [1.807, 2.05) is 43.3 Å². The summed E-state index contributed by atoms with van der Waals surface area (Å²) in [6.45, 7) is 5.34. The number of esters is 1. The Morgan fingerprint density at radius 1 is 0.931 bits per heavy atom. The summed E-state index contributed by atoms with van der Waals surface area (Å²) in [5.74, 6) is -1.16. The zero-order valence-corrected chi connectivity index (χ0v) is 34.2. The second kappa shape index (κ2) is 15.4. The van der Waals surface area contributed by atoms with Crippen LogP contribution in [0.15, 0.2) is 91.0 Å². The quantitative estimate of drug-likeness (QED) is 0.0754. The molecule has 0 unspecified atom stereocenters. The molecule has 0 radical (unpaired) electrons. The van der Waals surface area contributed by atoms with E-state index < -0.39 is 37.6 Å². The molecule has 4 aromatic carbocycles. The minimum absolute atomic E-state index is 0.177. The third-order valence-corrected chi connectivity index (χ3v) is 14.8. The highest BCUT2D eigenvalue weighted by Crippen LogP contribution is 2.61. The van der Waals surface area contributed by atoms with E-state index in [1.54, 1.807) is 82.4 Å². The van der Waals surface area contributed by atoms with Crippen molar-refractivity contribution < 1.29 is 42.6 Å². The van der Waals surface area contributed by atoms with E-state index in [1.165, 1.54) is 7.11 Å². The highest BCUT2D eigenvalue weighted by molar-refractivity contribution is 6.72. The number of rotatable bonds is 10. The molecule has 1 spiro atoms. The number of fused-ring (bicyclic) bond motifs is 5. The van der Waals surface area contributed by atoms with Crippen LogP contribution in [0.1, 0.15) is 59.7 Å². The molecular weight excluding hydrogens is 758 g/mol. The van der Waals surface area contributed by atoms with Gasteiger partial charge in [0.25, 0.3) is 11.8 Å². The summed E-state index contributed by atoms with van der Waals surface area (Å²) >= 11 is 0. The molecule has 1 N–H and O–H groups in total. The third-order valence-electron chi connectivity index (χ3n) is 12.4. The number of nitrogens with zero attached hydrogens (tertiary/aromatic N) is 3. The van der Waals surface area contributed by atoms with Gasteiger partial charge in [-0.25, -0.2) is 0 Å². The van der Waals surface area contributed by atoms with Crippen molar-refractivity contribution in [3.05, 3.63) is 113 Å². The summed E-state index contributed by atoms with van der Waals surface area (Å²) in [4.78, 5) is 60.8. The van der Waals surface area contributed by atoms with Crippen LogP contribution in [0.25, 0.3) is 0 Å². The number of amides is 3. The molecule has 13 heteroatoms. The van der Waals surface area contributed by atoms with E-state index in [0.717, 1.165) is 11.1 Å². The van der Waals surface area contributed by atoms with Gasteiger partial charge in [-0.2, -0.15) is 0 Å². The maximum Gasteiger partial charge on any atom is 0.305 e. The fraction of sp³-hybridized carbons (Fsp3) is 0.378. The average Bonchev–Trinajstić information content (AvgIpc) is 3.59. The molecule has 5 atom stereocenters. The summed E-state index contributed by atoms with van der Waals surface area (Å²) in [5.41, 5.74) is 1.96. The first-order chi connectivity index (χ1) is 27.9. The van der Waals surface area contributed by atoms with Crippen LogP contribution in [0.2, 0.25) is 18.6 Å². The fourth-order valence-corrected chi connectivity index (χ4v) is 12.1. The van der Waals surface area contributed by atoms with Crippen molar-refractivity contribution in [2.75, 3.05) is 30.1 Å². The number of halogens is 1. The van der Waals surface area contributed by atoms with Crippen LogP contribution in [-0.2, 0) is 42.4 Å². The van der Waals surface area contributed by atoms with Crippen LogP contribution in [-0.4, -0.2) is 74.5 Å². The van der Waals surface area contributed by atoms with E-state index in [2.05, 4.69) is 0 Å². The summed E-state index contributed by atoms with van der Waals surface area (Å²) in [6.07, 6.45) is 0.499. The number of aliphatic hydroxyl groups is 1. The van der Waals surface area contributed by atoms with Crippen LogP contribution in [0, 0.1) is 5.92 Å². The van der Waals surface area contributed by atoms with Gasteiger partial charge in [-0.15, -0.1) is 0 Å². The van der Waals surface area contributed by atoms with Gasteiger partial charge in [0.15, 0.2) is 11.4 Å². The van der Waals surface area contributed by atoms with Crippen LogP contribution in [0.3, 0.4) is 0 Å². The van der Waals surface area contributed by atoms with Crippen LogP contribution < -0.4 is 14.5 Å². The van der Waals surface area contributed by atoms with E-state index >= 15 is 8.90 Å². The molecule has 0 saturated carbocycles. The average molecular weight is 806 g/mol. The number of benzene rings is 4. The minimum atomic E-state index is -3.66. The Balaban J connectivity index is 1.21. The summed E-state index contributed by atoms with van der Waals surface area (Å²) < 4.78 is 34.9. The van der Waals surface area contributed by atoms with Gasteiger partial charge in [0.1, 0.15) is 5.75 Å². The smallest absolute Gasteiger partial charge is 0.305 e. The monoisotopic (exact) mass is 805 g/mol. The second-order valence-electron chi connectivity index (χ2n) is 16.2. The van der Waals surface area contributed by atoms with Crippen molar-refractivity contribution in [1.82, 2.24) is 4.90 Å². The molecule has 0 bridgehead atoms. The summed E-state index contributed by atoms with van der Waals surface area (Å²) in [6, 6.07) is 27.0. The molecule has 3 amide bonds. The van der Waals surface area contributed by atoms with E-state index in [9.17, 15) is 19.5 Å². The Hall–Kier alpha value is -5.37. The Bertz CT molecular complexity index is 2280. The van der Waals surface area contributed by atoms with Crippen LogP contribution in [0.5, 0.6) is 11.5 Å². The van der Waals surface area contributed by atoms with Crippen molar-refractivity contribution in [2.24, 2.45) is 5.92 Å². The first kappa shape index (κ1) is 39.5. The van der Waals surface area contributed by atoms with Gasteiger partial charge in [-0.3, -0.25) is 24.1 Å². The normalized spacial score (nSPS) is 23.5. The first-order valence-corrected chi connectivity index (χ1v) is 22.9. The van der Waals surface area contributed by atoms with Crippen LogP contribution in [0.4, 0.5) is 21.2 Å². The zero-order valence-electron chi connectivity index (χ0n) is 33.2. The molecule has 4 aliphatic rings. The molecule has 4 aromatic rings. The van der Waals surface area contributed by atoms with Crippen molar-refractivity contribution >= 4 is 49.2 Å².